The van der Waals surface area contributed by atoms with Crippen molar-refractivity contribution in [1.29, 1.82) is 0 Å². The maximum Gasteiger partial charge on any atom is 0.422 e. The second-order valence-corrected chi connectivity index (χ2v) is 6.86. The number of benzene rings is 2. The average molecular weight is 388 g/mol. The first kappa shape index (κ1) is 19.7. The van der Waals surface area contributed by atoms with Crippen LogP contribution in [0.2, 0.25) is 0 Å². The SMILES string of the molecule is NS(=O)(=O)c1ccc(C(=O)NCc2ccc(OCC(F)(F)F)cc2)cc1. The van der Waals surface area contributed by atoms with Crippen LogP contribution in [-0.2, 0) is 16.6 Å². The highest BCUT2D eigenvalue weighted by Crippen LogP contribution is 2.19. The van der Waals surface area contributed by atoms with Crippen LogP contribution < -0.4 is 15.2 Å². The number of amides is 1. The molecule has 6 nitrogen and oxygen atoms in total. The van der Waals surface area contributed by atoms with Gasteiger partial charge in [-0.05, 0) is 42.0 Å². The zero-order chi connectivity index (χ0) is 19.4. The van der Waals surface area contributed by atoms with E-state index in [1.165, 1.54) is 48.5 Å². The molecule has 2 rings (SSSR count). The summed E-state index contributed by atoms with van der Waals surface area (Å²) in [6.45, 7) is -1.24. The van der Waals surface area contributed by atoms with Gasteiger partial charge >= 0.3 is 6.18 Å². The van der Waals surface area contributed by atoms with Crippen molar-refractivity contribution in [3.8, 4) is 5.75 Å². The molecule has 2 aromatic rings. The van der Waals surface area contributed by atoms with Gasteiger partial charge in [-0.2, -0.15) is 13.2 Å². The van der Waals surface area contributed by atoms with Crippen LogP contribution in [0.1, 0.15) is 15.9 Å². The van der Waals surface area contributed by atoms with Gasteiger partial charge in [0.05, 0.1) is 4.90 Å². The summed E-state index contributed by atoms with van der Waals surface area (Å²) in [5.74, 6) is -0.376. The number of sulfonamides is 1. The van der Waals surface area contributed by atoms with Gasteiger partial charge in [0.15, 0.2) is 6.61 Å². The van der Waals surface area contributed by atoms with E-state index in [0.717, 1.165) is 0 Å². The van der Waals surface area contributed by atoms with Gasteiger partial charge in [0, 0.05) is 12.1 Å². The van der Waals surface area contributed by atoms with Crippen molar-refractivity contribution < 1.29 is 31.1 Å². The summed E-state index contributed by atoms with van der Waals surface area (Å²) in [5.41, 5.74) is 0.890. The third kappa shape index (κ3) is 6.05. The Labute approximate surface area is 147 Å². The summed E-state index contributed by atoms with van der Waals surface area (Å²) < 4.78 is 63.1. The molecule has 1 amide bonds. The second-order valence-electron chi connectivity index (χ2n) is 5.30. The first-order valence-corrected chi connectivity index (χ1v) is 8.79. The van der Waals surface area contributed by atoms with E-state index in [1.807, 2.05) is 0 Å². The van der Waals surface area contributed by atoms with E-state index in [1.54, 1.807) is 0 Å². The lowest BCUT2D eigenvalue weighted by molar-refractivity contribution is -0.153. The number of alkyl halides is 3. The predicted molar refractivity (Wildman–Crippen MR) is 87.0 cm³/mol. The molecule has 0 saturated heterocycles. The highest BCUT2D eigenvalue weighted by atomic mass is 32.2. The van der Waals surface area contributed by atoms with Crippen LogP contribution in [0.4, 0.5) is 13.2 Å². The fourth-order valence-corrected chi connectivity index (χ4v) is 2.46. The Morgan fingerprint density at radius 2 is 1.62 bits per heavy atom. The van der Waals surface area contributed by atoms with Crippen molar-refractivity contribution in [3.63, 3.8) is 0 Å². The summed E-state index contributed by atoms with van der Waals surface area (Å²) in [7, 11) is -3.83. The molecule has 0 spiro atoms. The minimum absolute atomic E-state index is 0.0657. The maximum absolute atomic E-state index is 12.1. The molecule has 3 N–H and O–H groups in total. The number of hydrogen-bond donors (Lipinski definition) is 2. The first-order chi connectivity index (χ1) is 12.0. The summed E-state index contributed by atoms with van der Waals surface area (Å²) in [5, 5.41) is 7.58. The fourth-order valence-electron chi connectivity index (χ4n) is 1.95. The van der Waals surface area contributed by atoms with Crippen molar-refractivity contribution in [3.05, 3.63) is 59.7 Å². The van der Waals surface area contributed by atoms with Gasteiger partial charge in [0.2, 0.25) is 10.0 Å². The Kier molecular flexibility index (Phi) is 5.88. The number of halogens is 3. The molecule has 0 fully saturated rings. The second kappa shape index (κ2) is 7.75. The van der Waals surface area contributed by atoms with Crippen LogP contribution in [0.15, 0.2) is 53.4 Å². The fraction of sp³-hybridized carbons (Fsp3) is 0.188. The highest BCUT2D eigenvalue weighted by molar-refractivity contribution is 7.89. The Morgan fingerprint density at radius 3 is 2.12 bits per heavy atom. The summed E-state index contributed by atoms with van der Waals surface area (Å²) >= 11 is 0. The standard InChI is InChI=1S/C16H15F3N2O4S/c17-16(18,19)10-25-13-5-1-11(2-6-13)9-21-15(22)12-3-7-14(8-4-12)26(20,23)24/h1-8H,9-10H2,(H,21,22)(H2,20,23,24). The molecule has 0 aliphatic rings. The van der Waals surface area contributed by atoms with E-state index < -0.39 is 28.7 Å². The van der Waals surface area contributed by atoms with Gasteiger partial charge < -0.3 is 10.1 Å². The molecular weight excluding hydrogens is 373 g/mol. The van der Waals surface area contributed by atoms with Gasteiger partial charge in [-0.3, -0.25) is 4.79 Å². The molecule has 0 bridgehead atoms. The Bertz CT molecular complexity index is 864. The van der Waals surface area contributed by atoms with Crippen LogP contribution in [0.3, 0.4) is 0 Å². The minimum atomic E-state index is -4.41. The molecular formula is C16H15F3N2O4S. The monoisotopic (exact) mass is 388 g/mol. The molecule has 0 atom stereocenters. The Balaban J connectivity index is 1.91. The number of primary sulfonamides is 1. The van der Waals surface area contributed by atoms with Crippen LogP contribution in [-0.4, -0.2) is 27.1 Å². The lowest BCUT2D eigenvalue weighted by Gasteiger charge is -2.10. The van der Waals surface area contributed by atoms with Crippen molar-refractivity contribution in [1.82, 2.24) is 5.32 Å². The van der Waals surface area contributed by atoms with Crippen LogP contribution in [0, 0.1) is 0 Å². The van der Waals surface area contributed by atoms with Crippen LogP contribution in [0.25, 0.3) is 0 Å². The van der Waals surface area contributed by atoms with Gasteiger partial charge in [-0.25, -0.2) is 13.6 Å². The molecule has 140 valence electrons. The Hall–Kier alpha value is -2.59. The molecule has 10 heteroatoms. The molecule has 26 heavy (non-hydrogen) atoms. The number of nitrogens with one attached hydrogen (secondary N) is 1. The number of hydrogen-bond acceptors (Lipinski definition) is 4. The summed E-state index contributed by atoms with van der Waals surface area (Å²) in [6, 6.07) is 10.9. The number of carbonyl (C=O) groups is 1. The third-order valence-corrected chi connectivity index (χ3v) is 4.15. The van der Waals surface area contributed by atoms with Gasteiger partial charge in [0.1, 0.15) is 5.75 Å². The highest BCUT2D eigenvalue weighted by Gasteiger charge is 2.28. The van der Waals surface area contributed by atoms with E-state index in [9.17, 15) is 26.4 Å². The Morgan fingerprint density at radius 1 is 1.04 bits per heavy atom. The zero-order valence-corrected chi connectivity index (χ0v) is 14.1. The van der Waals surface area contributed by atoms with Gasteiger partial charge in [-0.15, -0.1) is 0 Å². The number of nitrogens with two attached hydrogens (primary N) is 1. The third-order valence-electron chi connectivity index (χ3n) is 3.22. The van der Waals surface area contributed by atoms with E-state index in [4.69, 9.17) is 5.14 Å². The number of carbonyl (C=O) groups excluding carboxylic acids is 1. The number of ether oxygens (including phenoxy) is 1. The van der Waals surface area contributed by atoms with Crippen molar-refractivity contribution in [2.75, 3.05) is 6.61 Å². The van der Waals surface area contributed by atoms with Crippen LogP contribution in [0.5, 0.6) is 5.75 Å². The zero-order valence-electron chi connectivity index (χ0n) is 13.3. The van der Waals surface area contributed by atoms with Gasteiger partial charge in [-0.1, -0.05) is 12.1 Å². The number of rotatable bonds is 6. The van der Waals surface area contributed by atoms with E-state index in [-0.39, 0.29) is 22.8 Å². The quantitative estimate of drug-likeness (QED) is 0.793. The molecule has 2 aromatic carbocycles. The van der Waals surface area contributed by atoms with Crippen molar-refractivity contribution in [2.45, 2.75) is 17.6 Å². The van der Waals surface area contributed by atoms with Crippen molar-refractivity contribution >= 4 is 15.9 Å². The average Bonchev–Trinajstić information content (AvgIpc) is 2.57. The summed E-state index contributed by atoms with van der Waals surface area (Å²) in [6.07, 6.45) is -4.41. The lowest BCUT2D eigenvalue weighted by atomic mass is 10.2. The topological polar surface area (TPSA) is 98.5 Å². The lowest BCUT2D eigenvalue weighted by Crippen LogP contribution is -2.23. The smallest absolute Gasteiger partial charge is 0.422 e. The predicted octanol–water partition coefficient (Wildman–Crippen LogP) is 2.21. The minimum Gasteiger partial charge on any atom is -0.484 e. The normalized spacial score (nSPS) is 11.8. The maximum atomic E-state index is 12.1. The van der Waals surface area contributed by atoms with E-state index in [0.29, 0.717) is 5.56 Å². The van der Waals surface area contributed by atoms with E-state index in [2.05, 4.69) is 10.1 Å². The van der Waals surface area contributed by atoms with Crippen LogP contribution >= 0.6 is 0 Å². The molecule has 0 saturated carbocycles. The molecule has 0 heterocycles. The summed E-state index contributed by atoms with van der Waals surface area (Å²) in [4.78, 5) is 11.9. The first-order valence-electron chi connectivity index (χ1n) is 7.24. The molecule has 0 radical (unpaired) electrons. The van der Waals surface area contributed by atoms with Gasteiger partial charge in [0.25, 0.3) is 5.91 Å². The molecule has 0 aromatic heterocycles. The largest absolute Gasteiger partial charge is 0.484 e. The molecule has 0 unspecified atom stereocenters. The van der Waals surface area contributed by atoms with E-state index >= 15 is 0 Å². The molecule has 0 aliphatic carbocycles. The van der Waals surface area contributed by atoms with Crippen molar-refractivity contribution in [2.24, 2.45) is 5.14 Å². The molecule has 0 aliphatic heterocycles.